The molecule has 3 fully saturated rings. The van der Waals surface area contributed by atoms with Crippen LogP contribution in [-0.2, 0) is 38.1 Å². The van der Waals surface area contributed by atoms with Crippen molar-refractivity contribution in [2.24, 2.45) is 11.8 Å². The molecule has 0 aromatic carbocycles. The Balaban J connectivity index is 0. The molecule has 3 aliphatic heterocycles. The van der Waals surface area contributed by atoms with Crippen molar-refractivity contribution in [3.05, 3.63) is 0 Å². The molecule has 3 saturated heterocycles. The van der Waals surface area contributed by atoms with Crippen LogP contribution in [0.3, 0.4) is 0 Å². The lowest BCUT2D eigenvalue weighted by Gasteiger charge is -2.16. The van der Waals surface area contributed by atoms with Gasteiger partial charge in [-0.1, -0.05) is 47.5 Å². The van der Waals surface area contributed by atoms with Crippen molar-refractivity contribution >= 4 is 23.9 Å². The molecule has 8 heteroatoms. The summed E-state index contributed by atoms with van der Waals surface area (Å²) in [4.78, 5) is 41.3. The molecule has 0 radical (unpaired) electrons. The molecule has 0 spiro atoms. The molecular formula is C25H46O8. The van der Waals surface area contributed by atoms with E-state index in [0.717, 1.165) is 32.1 Å². The second-order valence-electron chi connectivity index (χ2n) is 8.19. The van der Waals surface area contributed by atoms with Gasteiger partial charge in [0.2, 0.25) is 0 Å². The third kappa shape index (κ3) is 21.5. The number of ether oxygens (including phenoxy) is 4. The Bertz CT molecular complexity index is 513. The average Bonchev–Trinajstić information content (AvgIpc) is 3.38. The Labute approximate surface area is 200 Å². The smallest absolute Gasteiger partial charge is 0.306 e. The molecule has 3 rings (SSSR count). The number of esters is 4. The molecule has 3 atom stereocenters. The van der Waals surface area contributed by atoms with Crippen LogP contribution >= 0.6 is 0 Å². The maximum Gasteiger partial charge on any atom is 0.306 e. The van der Waals surface area contributed by atoms with Crippen molar-refractivity contribution in [2.75, 3.05) is 20.3 Å². The van der Waals surface area contributed by atoms with Gasteiger partial charge in [0.15, 0.2) is 0 Å². The Kier molecular flexibility index (Phi) is 21.7. The SMILES string of the molecule is CC.CC1CCC(=O)O1.CC1CCC(=O)OC1.CC1COC(=O)C1.CCCCCC(=O)OC. The van der Waals surface area contributed by atoms with Crippen LogP contribution < -0.4 is 0 Å². The standard InChI is InChI=1S/C7H14O2.C6H10O2.2C5H8O2.C2H6/c1-3-4-5-6-7(8)9-2;1-5-2-3-6(7)8-4-5;1-4-2-5(6)7-3-4;1-4-2-3-5(6)7-4;1-2/h3-6H2,1-2H3;5H,2-4H2,1H3;2*4H,2-3H2,1H3;1-2H3. The highest BCUT2D eigenvalue weighted by molar-refractivity contribution is 5.71. The van der Waals surface area contributed by atoms with Gasteiger partial charge >= 0.3 is 23.9 Å². The number of unbranched alkanes of at least 4 members (excludes halogenated alkanes) is 2. The van der Waals surface area contributed by atoms with Gasteiger partial charge in [-0.25, -0.2) is 0 Å². The van der Waals surface area contributed by atoms with Crippen LogP contribution in [0.1, 0.15) is 99.3 Å². The Morgan fingerprint density at radius 1 is 0.879 bits per heavy atom. The molecule has 8 nitrogen and oxygen atoms in total. The zero-order valence-electron chi connectivity index (χ0n) is 21.8. The predicted molar refractivity (Wildman–Crippen MR) is 126 cm³/mol. The summed E-state index contributed by atoms with van der Waals surface area (Å²) in [6, 6.07) is 0. The first kappa shape index (κ1) is 33.1. The molecule has 0 saturated carbocycles. The number of rotatable bonds is 4. The quantitative estimate of drug-likeness (QED) is 0.318. The molecule has 3 unspecified atom stereocenters. The number of cyclic esters (lactones) is 3. The lowest BCUT2D eigenvalue weighted by molar-refractivity contribution is -0.149. The molecule has 0 aromatic rings. The fraction of sp³-hybridized carbons (Fsp3) is 0.840. The first-order valence-electron chi connectivity index (χ1n) is 12.2. The van der Waals surface area contributed by atoms with Gasteiger partial charge in [-0.05, 0) is 32.1 Å². The number of carbonyl (C=O) groups is 4. The minimum atomic E-state index is -0.0940. The van der Waals surface area contributed by atoms with Crippen molar-refractivity contribution in [1.29, 1.82) is 0 Å². The van der Waals surface area contributed by atoms with Crippen molar-refractivity contribution in [3.8, 4) is 0 Å². The molecule has 33 heavy (non-hydrogen) atoms. The maximum absolute atomic E-state index is 10.5. The molecule has 3 heterocycles. The van der Waals surface area contributed by atoms with Crippen LogP contribution in [0.4, 0.5) is 0 Å². The number of methoxy groups -OCH3 is 1. The van der Waals surface area contributed by atoms with E-state index in [2.05, 4.69) is 23.3 Å². The molecular weight excluding hydrogens is 428 g/mol. The second-order valence-corrected chi connectivity index (χ2v) is 8.19. The van der Waals surface area contributed by atoms with Gasteiger partial charge in [0, 0.05) is 25.2 Å². The van der Waals surface area contributed by atoms with E-state index in [9.17, 15) is 19.2 Å². The number of hydrogen-bond donors (Lipinski definition) is 0. The highest BCUT2D eigenvalue weighted by Crippen LogP contribution is 2.13. The Hall–Kier alpha value is -2.12. The van der Waals surface area contributed by atoms with Crippen molar-refractivity contribution in [3.63, 3.8) is 0 Å². The van der Waals surface area contributed by atoms with Crippen molar-refractivity contribution in [1.82, 2.24) is 0 Å². The molecule has 3 aliphatic rings. The highest BCUT2D eigenvalue weighted by atomic mass is 16.6. The van der Waals surface area contributed by atoms with Crippen molar-refractivity contribution < 1.29 is 38.1 Å². The van der Waals surface area contributed by atoms with Crippen LogP contribution in [0, 0.1) is 11.8 Å². The van der Waals surface area contributed by atoms with E-state index in [0.29, 0.717) is 50.7 Å². The second kappa shape index (κ2) is 21.7. The van der Waals surface area contributed by atoms with E-state index in [1.54, 1.807) is 0 Å². The zero-order valence-corrected chi connectivity index (χ0v) is 21.8. The molecule has 0 aromatic heterocycles. The van der Waals surface area contributed by atoms with E-state index in [1.807, 2.05) is 27.7 Å². The van der Waals surface area contributed by atoms with E-state index in [-0.39, 0.29) is 30.0 Å². The molecule has 0 N–H and O–H groups in total. The van der Waals surface area contributed by atoms with Crippen LogP contribution in [0.2, 0.25) is 0 Å². The maximum atomic E-state index is 10.5. The lowest BCUT2D eigenvalue weighted by atomic mass is 10.1. The lowest BCUT2D eigenvalue weighted by Crippen LogP contribution is -2.18. The van der Waals surface area contributed by atoms with Crippen LogP contribution in [0.5, 0.6) is 0 Å². The van der Waals surface area contributed by atoms with E-state index >= 15 is 0 Å². The fourth-order valence-corrected chi connectivity index (χ4v) is 2.68. The summed E-state index contributed by atoms with van der Waals surface area (Å²) in [6.45, 7) is 13.4. The third-order valence-electron chi connectivity index (χ3n) is 4.71. The normalized spacial score (nSPS) is 22.8. The number of carbonyl (C=O) groups excluding carboxylic acids is 4. The third-order valence-corrected chi connectivity index (χ3v) is 4.71. The van der Waals surface area contributed by atoms with Gasteiger partial charge in [0.25, 0.3) is 0 Å². The summed E-state index contributed by atoms with van der Waals surface area (Å²) in [5, 5.41) is 0. The largest absolute Gasteiger partial charge is 0.469 e. The summed E-state index contributed by atoms with van der Waals surface area (Å²) in [6.07, 6.45) is 7.71. The summed E-state index contributed by atoms with van der Waals surface area (Å²) in [5.41, 5.74) is 0. The fourth-order valence-electron chi connectivity index (χ4n) is 2.68. The Morgan fingerprint density at radius 2 is 1.45 bits per heavy atom. The van der Waals surface area contributed by atoms with E-state index in [1.165, 1.54) is 7.11 Å². The topological polar surface area (TPSA) is 105 Å². The van der Waals surface area contributed by atoms with E-state index < -0.39 is 0 Å². The van der Waals surface area contributed by atoms with Crippen LogP contribution in [-0.4, -0.2) is 50.3 Å². The summed E-state index contributed by atoms with van der Waals surface area (Å²) in [7, 11) is 1.42. The summed E-state index contributed by atoms with van der Waals surface area (Å²) < 4.78 is 18.6. The number of hydrogen-bond acceptors (Lipinski definition) is 8. The molecule has 0 aliphatic carbocycles. The minimum Gasteiger partial charge on any atom is -0.469 e. The summed E-state index contributed by atoms with van der Waals surface area (Å²) in [5.74, 6) is 0.798. The summed E-state index contributed by atoms with van der Waals surface area (Å²) >= 11 is 0. The van der Waals surface area contributed by atoms with Gasteiger partial charge in [-0.2, -0.15) is 0 Å². The van der Waals surface area contributed by atoms with Gasteiger partial charge in [0.05, 0.1) is 32.8 Å². The highest BCUT2D eigenvalue weighted by Gasteiger charge is 2.18. The van der Waals surface area contributed by atoms with Gasteiger partial charge in [-0.15, -0.1) is 0 Å². The van der Waals surface area contributed by atoms with Gasteiger partial charge in [-0.3, -0.25) is 19.2 Å². The minimum absolute atomic E-state index is 0.0388. The zero-order chi connectivity index (χ0) is 25.6. The Morgan fingerprint density at radius 3 is 1.73 bits per heavy atom. The molecule has 0 amide bonds. The van der Waals surface area contributed by atoms with E-state index in [4.69, 9.17) is 9.47 Å². The molecule has 194 valence electrons. The first-order valence-corrected chi connectivity index (χ1v) is 12.2. The first-order chi connectivity index (χ1) is 15.7. The average molecular weight is 475 g/mol. The van der Waals surface area contributed by atoms with Crippen LogP contribution in [0.25, 0.3) is 0 Å². The van der Waals surface area contributed by atoms with Gasteiger partial charge in [0.1, 0.15) is 0 Å². The molecule has 0 bridgehead atoms. The van der Waals surface area contributed by atoms with Crippen molar-refractivity contribution in [2.45, 2.75) is 105 Å². The predicted octanol–water partition coefficient (Wildman–Crippen LogP) is 5.01. The monoisotopic (exact) mass is 474 g/mol. The van der Waals surface area contributed by atoms with Gasteiger partial charge < -0.3 is 18.9 Å². The van der Waals surface area contributed by atoms with Crippen LogP contribution in [0.15, 0.2) is 0 Å².